The fourth-order valence-corrected chi connectivity index (χ4v) is 3.29. The third-order valence-electron chi connectivity index (χ3n) is 4.50. The fraction of sp³-hybridized carbons (Fsp3) is 0.368. The van der Waals surface area contributed by atoms with Gasteiger partial charge in [-0.05, 0) is 55.2 Å². The Morgan fingerprint density at radius 3 is 2.62 bits per heavy atom. The van der Waals surface area contributed by atoms with Gasteiger partial charge in [0.1, 0.15) is 0 Å². The van der Waals surface area contributed by atoms with E-state index in [0.29, 0.717) is 18.5 Å². The first-order valence-corrected chi connectivity index (χ1v) is 8.36. The van der Waals surface area contributed by atoms with Crippen molar-refractivity contribution in [2.45, 2.75) is 38.6 Å². The molecular weight excluding hydrogens is 304 g/mol. The van der Waals surface area contributed by atoms with Crippen molar-refractivity contribution in [1.29, 1.82) is 0 Å². The zero-order valence-electron chi connectivity index (χ0n) is 13.8. The van der Waals surface area contributed by atoms with E-state index in [9.17, 15) is 9.59 Å². The van der Waals surface area contributed by atoms with E-state index < -0.39 is 11.8 Å². The largest absolute Gasteiger partial charge is 0.396 e. The van der Waals surface area contributed by atoms with E-state index in [2.05, 4.69) is 16.7 Å². The molecule has 3 N–H and O–H groups in total. The molecule has 3 rings (SSSR count). The molecule has 0 spiro atoms. The molecule has 0 radical (unpaired) electrons. The number of benzene rings is 2. The van der Waals surface area contributed by atoms with Crippen LogP contribution in [0.5, 0.6) is 0 Å². The summed E-state index contributed by atoms with van der Waals surface area (Å²) in [6, 6.07) is 9.82. The third-order valence-corrected chi connectivity index (χ3v) is 4.50. The summed E-state index contributed by atoms with van der Waals surface area (Å²) in [5.41, 5.74) is 3.25. The number of anilines is 1. The van der Waals surface area contributed by atoms with Crippen molar-refractivity contribution in [2.24, 2.45) is 0 Å². The van der Waals surface area contributed by atoms with Crippen LogP contribution in [0.2, 0.25) is 0 Å². The predicted octanol–water partition coefficient (Wildman–Crippen LogP) is 2.15. The summed E-state index contributed by atoms with van der Waals surface area (Å²) >= 11 is 0. The van der Waals surface area contributed by atoms with Gasteiger partial charge < -0.3 is 15.7 Å². The Hall–Kier alpha value is -2.40. The normalized spacial score (nSPS) is 13.8. The van der Waals surface area contributed by atoms with Gasteiger partial charge >= 0.3 is 11.8 Å². The highest BCUT2D eigenvalue weighted by atomic mass is 16.3. The van der Waals surface area contributed by atoms with E-state index in [-0.39, 0.29) is 12.6 Å². The Labute approximate surface area is 141 Å². The molecule has 1 aliphatic rings. The first-order chi connectivity index (χ1) is 11.6. The van der Waals surface area contributed by atoms with Crippen LogP contribution >= 0.6 is 0 Å². The number of amides is 2. The molecule has 2 aromatic carbocycles. The van der Waals surface area contributed by atoms with Crippen molar-refractivity contribution in [3.63, 3.8) is 0 Å². The Morgan fingerprint density at radius 1 is 1.12 bits per heavy atom. The van der Waals surface area contributed by atoms with Crippen LogP contribution in [-0.2, 0) is 22.4 Å². The van der Waals surface area contributed by atoms with Crippen molar-refractivity contribution in [3.8, 4) is 0 Å². The minimum atomic E-state index is -0.662. The lowest BCUT2D eigenvalue weighted by Crippen LogP contribution is -2.40. The number of carbonyl (C=O) groups excluding carboxylic acids is 2. The van der Waals surface area contributed by atoms with E-state index in [0.717, 1.165) is 18.2 Å². The van der Waals surface area contributed by atoms with E-state index in [1.807, 2.05) is 31.2 Å². The first kappa shape index (κ1) is 16.5. The van der Waals surface area contributed by atoms with Gasteiger partial charge in [0.25, 0.3) is 0 Å². The van der Waals surface area contributed by atoms with E-state index in [1.165, 1.54) is 16.5 Å². The monoisotopic (exact) mass is 326 g/mol. The Morgan fingerprint density at radius 2 is 1.88 bits per heavy atom. The van der Waals surface area contributed by atoms with Gasteiger partial charge in [0, 0.05) is 23.7 Å². The van der Waals surface area contributed by atoms with Crippen LogP contribution in [0.4, 0.5) is 5.69 Å². The van der Waals surface area contributed by atoms with Crippen molar-refractivity contribution in [2.75, 3.05) is 11.9 Å². The van der Waals surface area contributed by atoms with Gasteiger partial charge in [-0.1, -0.05) is 24.3 Å². The fourth-order valence-electron chi connectivity index (χ4n) is 3.29. The average molecular weight is 326 g/mol. The molecule has 1 atom stereocenters. The average Bonchev–Trinajstić information content (AvgIpc) is 3.00. The highest BCUT2D eigenvalue weighted by Gasteiger charge is 2.20. The van der Waals surface area contributed by atoms with Gasteiger partial charge in [-0.3, -0.25) is 9.59 Å². The van der Waals surface area contributed by atoms with Gasteiger partial charge in [-0.15, -0.1) is 0 Å². The quantitative estimate of drug-likeness (QED) is 0.737. The summed E-state index contributed by atoms with van der Waals surface area (Å²) in [4.78, 5) is 24.2. The lowest BCUT2D eigenvalue weighted by atomic mass is 10.0. The molecule has 2 aromatic rings. The van der Waals surface area contributed by atoms with Crippen molar-refractivity contribution < 1.29 is 14.7 Å². The van der Waals surface area contributed by atoms with Gasteiger partial charge in [0.05, 0.1) is 0 Å². The highest BCUT2D eigenvalue weighted by molar-refractivity contribution is 6.40. The van der Waals surface area contributed by atoms with Crippen LogP contribution in [-0.4, -0.2) is 29.6 Å². The summed E-state index contributed by atoms with van der Waals surface area (Å²) in [5.74, 6) is -1.31. The lowest BCUT2D eigenvalue weighted by Gasteiger charge is -2.14. The maximum absolute atomic E-state index is 12.2. The van der Waals surface area contributed by atoms with Crippen molar-refractivity contribution >= 4 is 28.3 Å². The number of aliphatic hydroxyl groups is 1. The summed E-state index contributed by atoms with van der Waals surface area (Å²) in [5, 5.41) is 16.4. The van der Waals surface area contributed by atoms with Crippen LogP contribution in [0.3, 0.4) is 0 Å². The zero-order chi connectivity index (χ0) is 17.1. The second-order valence-electron chi connectivity index (χ2n) is 6.31. The van der Waals surface area contributed by atoms with Crippen LogP contribution in [0.1, 0.15) is 30.9 Å². The number of aryl methyl sites for hydroxylation is 2. The topological polar surface area (TPSA) is 78.4 Å². The number of aliphatic hydroxyl groups excluding tert-OH is 1. The molecule has 0 aliphatic heterocycles. The standard InChI is InChI=1S/C19H22N2O3/c1-12(4-3-11-22)20-18(23)19(24)21-16-10-9-14-8-7-13-5-2-6-15(16)17(13)14/h2,5-6,9-10,12,22H,3-4,7-8,11H2,1H3,(H,20,23)(H,21,24). The Kier molecular flexibility index (Phi) is 4.81. The van der Waals surface area contributed by atoms with E-state index in [1.54, 1.807) is 0 Å². The van der Waals surface area contributed by atoms with Gasteiger partial charge in [-0.25, -0.2) is 0 Å². The van der Waals surface area contributed by atoms with Crippen molar-refractivity contribution in [3.05, 3.63) is 41.5 Å². The minimum absolute atomic E-state index is 0.0765. The van der Waals surface area contributed by atoms with Crippen LogP contribution < -0.4 is 10.6 Å². The molecule has 0 bridgehead atoms. The molecule has 0 fully saturated rings. The van der Waals surface area contributed by atoms with Crippen LogP contribution in [0, 0.1) is 0 Å². The molecule has 1 aliphatic carbocycles. The minimum Gasteiger partial charge on any atom is -0.396 e. The molecule has 5 heteroatoms. The highest BCUT2D eigenvalue weighted by Crippen LogP contribution is 2.34. The zero-order valence-corrected chi connectivity index (χ0v) is 13.8. The lowest BCUT2D eigenvalue weighted by molar-refractivity contribution is -0.136. The first-order valence-electron chi connectivity index (χ1n) is 8.36. The number of nitrogens with one attached hydrogen (secondary N) is 2. The van der Waals surface area contributed by atoms with Crippen molar-refractivity contribution in [1.82, 2.24) is 5.32 Å². The molecule has 0 aromatic heterocycles. The maximum Gasteiger partial charge on any atom is 0.313 e. The van der Waals surface area contributed by atoms with Crippen LogP contribution in [0.15, 0.2) is 30.3 Å². The SMILES string of the molecule is CC(CCCO)NC(=O)C(=O)Nc1ccc2c3c(cccc13)CC2. The molecule has 2 amide bonds. The van der Waals surface area contributed by atoms with Gasteiger partial charge in [0.2, 0.25) is 0 Å². The smallest absolute Gasteiger partial charge is 0.313 e. The summed E-state index contributed by atoms with van der Waals surface area (Å²) in [7, 11) is 0. The molecule has 5 nitrogen and oxygen atoms in total. The molecule has 126 valence electrons. The van der Waals surface area contributed by atoms with Gasteiger partial charge in [0.15, 0.2) is 0 Å². The molecular formula is C19H22N2O3. The summed E-state index contributed by atoms with van der Waals surface area (Å²) < 4.78 is 0. The second-order valence-corrected chi connectivity index (χ2v) is 6.31. The second kappa shape index (κ2) is 7.01. The van der Waals surface area contributed by atoms with E-state index in [4.69, 9.17) is 5.11 Å². The van der Waals surface area contributed by atoms with Crippen LogP contribution in [0.25, 0.3) is 10.8 Å². The molecule has 0 heterocycles. The summed E-state index contributed by atoms with van der Waals surface area (Å²) in [6.45, 7) is 1.90. The number of hydrogen-bond acceptors (Lipinski definition) is 3. The number of rotatable bonds is 5. The molecule has 24 heavy (non-hydrogen) atoms. The number of hydrogen-bond donors (Lipinski definition) is 3. The third kappa shape index (κ3) is 3.26. The Balaban J connectivity index is 1.74. The molecule has 1 unspecified atom stereocenters. The Bertz CT molecular complexity index is 775. The number of carbonyl (C=O) groups is 2. The molecule has 0 saturated heterocycles. The molecule has 0 saturated carbocycles. The van der Waals surface area contributed by atoms with Gasteiger partial charge in [-0.2, -0.15) is 0 Å². The maximum atomic E-state index is 12.2. The summed E-state index contributed by atoms with van der Waals surface area (Å²) in [6.07, 6.45) is 3.27. The van der Waals surface area contributed by atoms with E-state index >= 15 is 0 Å². The predicted molar refractivity (Wildman–Crippen MR) is 93.9 cm³/mol.